The summed E-state index contributed by atoms with van der Waals surface area (Å²) < 4.78 is 1.89. The van der Waals surface area contributed by atoms with Crippen molar-refractivity contribution in [1.82, 2.24) is 9.55 Å². The Labute approximate surface area is 83.0 Å². The smallest absolute Gasteiger partial charge is 0.151 e. The quantitative estimate of drug-likeness (QED) is 0.731. The maximum Gasteiger partial charge on any atom is 0.151 e. The Morgan fingerprint density at radius 1 is 1.69 bits per heavy atom. The van der Waals surface area contributed by atoms with E-state index in [-0.39, 0.29) is 0 Å². The van der Waals surface area contributed by atoms with Crippen molar-refractivity contribution < 1.29 is 0 Å². The van der Waals surface area contributed by atoms with E-state index in [1.807, 2.05) is 25.3 Å². The Kier molecular flexibility index (Phi) is 2.63. The van der Waals surface area contributed by atoms with Gasteiger partial charge in [0.2, 0.25) is 0 Å². The first-order valence-corrected chi connectivity index (χ1v) is 4.53. The third-order valence-electron chi connectivity index (χ3n) is 2.01. The molecule has 70 valence electrons. The van der Waals surface area contributed by atoms with Crippen LogP contribution in [0.3, 0.4) is 0 Å². The number of rotatable bonds is 2. The van der Waals surface area contributed by atoms with E-state index in [9.17, 15) is 0 Å². The highest BCUT2D eigenvalue weighted by atomic mass is 35.5. The van der Waals surface area contributed by atoms with Gasteiger partial charge in [-0.3, -0.25) is 0 Å². The van der Waals surface area contributed by atoms with Crippen LogP contribution in [0.15, 0.2) is 6.33 Å². The summed E-state index contributed by atoms with van der Waals surface area (Å²) in [5.41, 5.74) is 0.211. The number of nitrogens with zero attached hydrogens (tertiary/aromatic N) is 3. The molecule has 0 unspecified atom stereocenters. The van der Waals surface area contributed by atoms with Gasteiger partial charge in [-0.25, -0.2) is 4.98 Å². The van der Waals surface area contributed by atoms with Crippen LogP contribution in [0.25, 0.3) is 0 Å². The second-order valence-electron chi connectivity index (χ2n) is 3.41. The zero-order valence-electron chi connectivity index (χ0n) is 8.00. The number of imidazole rings is 1. The van der Waals surface area contributed by atoms with Crippen LogP contribution >= 0.6 is 11.6 Å². The molecular formula is C9H12ClN3. The van der Waals surface area contributed by atoms with E-state index < -0.39 is 5.41 Å². The molecule has 1 rings (SSSR count). The number of aryl methyl sites for hydroxylation is 1. The van der Waals surface area contributed by atoms with Crippen molar-refractivity contribution in [1.29, 1.82) is 5.26 Å². The minimum absolute atomic E-state index is 0.424. The van der Waals surface area contributed by atoms with E-state index in [0.29, 0.717) is 5.15 Å². The van der Waals surface area contributed by atoms with Gasteiger partial charge in [0.1, 0.15) is 0 Å². The zero-order chi connectivity index (χ0) is 10.1. The molecule has 1 aromatic heterocycles. The summed E-state index contributed by atoms with van der Waals surface area (Å²) >= 11 is 5.90. The minimum Gasteiger partial charge on any atom is -0.332 e. The number of hydrogen-bond acceptors (Lipinski definition) is 2. The normalized spacial score (nSPS) is 11.3. The van der Waals surface area contributed by atoms with Gasteiger partial charge in [0.25, 0.3) is 0 Å². The molecule has 0 aromatic carbocycles. The number of nitriles is 1. The van der Waals surface area contributed by atoms with Crippen LogP contribution in [0.1, 0.15) is 26.5 Å². The summed E-state index contributed by atoms with van der Waals surface area (Å²) in [5.74, 6) is 0. The second-order valence-corrected chi connectivity index (χ2v) is 3.76. The van der Waals surface area contributed by atoms with Gasteiger partial charge in [0, 0.05) is 6.54 Å². The largest absolute Gasteiger partial charge is 0.332 e. The van der Waals surface area contributed by atoms with Crippen molar-refractivity contribution in [3.05, 3.63) is 17.2 Å². The molecule has 0 N–H and O–H groups in total. The van der Waals surface area contributed by atoms with Gasteiger partial charge in [-0.05, 0) is 20.8 Å². The molecule has 1 aromatic rings. The van der Waals surface area contributed by atoms with E-state index in [1.165, 1.54) is 0 Å². The molecule has 13 heavy (non-hydrogen) atoms. The van der Waals surface area contributed by atoms with Crippen molar-refractivity contribution in [3.63, 3.8) is 0 Å². The standard InChI is InChI=1S/C9H12ClN3/c1-4-13-6-12-8(10)7(13)9(2,3)5-11/h6H,4H2,1-3H3. The minimum atomic E-state index is -0.580. The summed E-state index contributed by atoms with van der Waals surface area (Å²) in [6, 6.07) is 2.21. The Balaban J connectivity index is 3.28. The first kappa shape index (κ1) is 10.1. The maximum atomic E-state index is 8.96. The Morgan fingerprint density at radius 2 is 2.31 bits per heavy atom. The van der Waals surface area contributed by atoms with E-state index in [0.717, 1.165) is 12.2 Å². The number of halogens is 1. The second kappa shape index (κ2) is 3.39. The van der Waals surface area contributed by atoms with Crippen molar-refractivity contribution >= 4 is 11.6 Å². The van der Waals surface area contributed by atoms with Crippen molar-refractivity contribution in [2.45, 2.75) is 32.7 Å². The molecule has 0 saturated heterocycles. The van der Waals surface area contributed by atoms with E-state index in [2.05, 4.69) is 11.1 Å². The molecule has 0 aliphatic carbocycles. The molecule has 0 aliphatic heterocycles. The monoisotopic (exact) mass is 197 g/mol. The average molecular weight is 198 g/mol. The summed E-state index contributed by atoms with van der Waals surface area (Å²) in [6.07, 6.45) is 1.66. The Bertz CT molecular complexity index is 346. The highest BCUT2D eigenvalue weighted by Crippen LogP contribution is 2.28. The van der Waals surface area contributed by atoms with Crippen molar-refractivity contribution in [2.24, 2.45) is 0 Å². The van der Waals surface area contributed by atoms with Gasteiger partial charge in [-0.1, -0.05) is 11.6 Å². The van der Waals surface area contributed by atoms with Gasteiger partial charge >= 0.3 is 0 Å². The van der Waals surface area contributed by atoms with Crippen LogP contribution in [-0.4, -0.2) is 9.55 Å². The average Bonchev–Trinajstić information content (AvgIpc) is 2.47. The molecule has 4 heteroatoms. The SMILES string of the molecule is CCn1cnc(Cl)c1C(C)(C)C#N. The lowest BCUT2D eigenvalue weighted by Gasteiger charge is -2.17. The lowest BCUT2D eigenvalue weighted by Crippen LogP contribution is -2.19. The predicted octanol–water partition coefficient (Wildman–Crippen LogP) is 2.36. The van der Waals surface area contributed by atoms with Gasteiger partial charge in [0.15, 0.2) is 5.15 Å². The molecule has 3 nitrogen and oxygen atoms in total. The van der Waals surface area contributed by atoms with E-state index in [1.54, 1.807) is 6.33 Å². The third kappa shape index (κ3) is 1.68. The fourth-order valence-corrected chi connectivity index (χ4v) is 1.66. The Morgan fingerprint density at radius 3 is 2.77 bits per heavy atom. The van der Waals surface area contributed by atoms with Crippen LogP contribution in [0.2, 0.25) is 5.15 Å². The fourth-order valence-electron chi connectivity index (χ4n) is 1.27. The molecule has 0 bridgehead atoms. The fraction of sp³-hybridized carbons (Fsp3) is 0.556. The molecule has 0 atom stereocenters. The van der Waals surface area contributed by atoms with E-state index >= 15 is 0 Å². The van der Waals surface area contributed by atoms with Gasteiger partial charge < -0.3 is 4.57 Å². The van der Waals surface area contributed by atoms with Gasteiger partial charge in [-0.15, -0.1) is 0 Å². The molecule has 1 heterocycles. The lowest BCUT2D eigenvalue weighted by atomic mass is 9.92. The third-order valence-corrected chi connectivity index (χ3v) is 2.28. The molecular weight excluding hydrogens is 186 g/mol. The summed E-state index contributed by atoms with van der Waals surface area (Å²) in [4.78, 5) is 3.98. The molecule has 0 spiro atoms. The molecule has 0 radical (unpaired) electrons. The van der Waals surface area contributed by atoms with Crippen LogP contribution in [0.4, 0.5) is 0 Å². The highest BCUT2D eigenvalue weighted by molar-refractivity contribution is 6.30. The lowest BCUT2D eigenvalue weighted by molar-refractivity contribution is 0.590. The summed E-state index contributed by atoms with van der Waals surface area (Å²) in [6.45, 7) is 6.44. The summed E-state index contributed by atoms with van der Waals surface area (Å²) in [7, 11) is 0. The molecule has 0 saturated carbocycles. The van der Waals surface area contributed by atoms with Crippen molar-refractivity contribution in [3.8, 4) is 6.07 Å². The van der Waals surface area contributed by atoms with Gasteiger partial charge in [-0.2, -0.15) is 5.26 Å². The Hall–Kier alpha value is -1.01. The zero-order valence-corrected chi connectivity index (χ0v) is 8.76. The molecule has 0 aliphatic rings. The molecule has 0 fully saturated rings. The topological polar surface area (TPSA) is 41.6 Å². The summed E-state index contributed by atoms with van der Waals surface area (Å²) in [5, 5.41) is 9.38. The maximum absolute atomic E-state index is 8.96. The van der Waals surface area contributed by atoms with Crippen LogP contribution in [0.5, 0.6) is 0 Å². The molecule has 0 amide bonds. The van der Waals surface area contributed by atoms with E-state index in [4.69, 9.17) is 16.9 Å². The van der Waals surface area contributed by atoms with Gasteiger partial charge in [0.05, 0.1) is 23.5 Å². The van der Waals surface area contributed by atoms with Crippen LogP contribution in [0, 0.1) is 11.3 Å². The predicted molar refractivity (Wildman–Crippen MR) is 51.6 cm³/mol. The first-order chi connectivity index (χ1) is 6.03. The number of aromatic nitrogens is 2. The van der Waals surface area contributed by atoms with Crippen molar-refractivity contribution in [2.75, 3.05) is 0 Å². The highest BCUT2D eigenvalue weighted by Gasteiger charge is 2.27. The number of hydrogen-bond donors (Lipinski definition) is 0. The van der Waals surface area contributed by atoms with Crippen LogP contribution < -0.4 is 0 Å². The first-order valence-electron chi connectivity index (χ1n) is 4.15. The van der Waals surface area contributed by atoms with Crippen LogP contribution in [-0.2, 0) is 12.0 Å².